The molecule has 1 heterocycles. The van der Waals surface area contributed by atoms with Gasteiger partial charge in [0, 0.05) is 23.9 Å². The molecule has 2 N–H and O–H groups in total. The summed E-state index contributed by atoms with van der Waals surface area (Å²) >= 11 is 0. The fraction of sp³-hybridized carbons (Fsp3) is 0.154. The molecule has 0 aliphatic heterocycles. The zero-order chi connectivity index (χ0) is 13.8. The largest absolute Gasteiger partial charge is 0.494 e. The molecule has 1 aromatic carbocycles. The normalized spacial score (nSPS) is 10.2. The van der Waals surface area contributed by atoms with Crippen LogP contribution in [0.1, 0.15) is 16.1 Å². The first-order valence-electron chi connectivity index (χ1n) is 5.49. The Labute approximate surface area is 108 Å². The minimum atomic E-state index is -1.13. The molecule has 0 atom stereocenters. The molecule has 0 saturated heterocycles. The first-order chi connectivity index (χ1) is 9.11. The smallest absolute Gasteiger partial charge is 0.372 e. The molecule has 2 aromatic rings. The number of furan rings is 1. The van der Waals surface area contributed by atoms with E-state index in [1.807, 2.05) is 0 Å². The molecule has 19 heavy (non-hydrogen) atoms. The molecule has 0 fully saturated rings. The van der Waals surface area contributed by atoms with Gasteiger partial charge in [-0.25, -0.2) is 9.18 Å². The van der Waals surface area contributed by atoms with Crippen LogP contribution in [-0.4, -0.2) is 18.2 Å². The van der Waals surface area contributed by atoms with Crippen LogP contribution >= 0.6 is 0 Å². The monoisotopic (exact) mass is 265 g/mol. The van der Waals surface area contributed by atoms with E-state index in [0.717, 1.165) is 0 Å². The fourth-order valence-electron chi connectivity index (χ4n) is 1.63. The number of nitrogens with one attached hydrogen (secondary N) is 1. The van der Waals surface area contributed by atoms with Crippen molar-refractivity contribution < 1.29 is 23.4 Å². The SMILES string of the molecule is COc1cc(NCc2ccoc2C(=O)O)ccc1F. The Morgan fingerprint density at radius 3 is 2.95 bits per heavy atom. The highest BCUT2D eigenvalue weighted by atomic mass is 19.1. The molecule has 100 valence electrons. The molecule has 0 aliphatic carbocycles. The maximum absolute atomic E-state index is 13.2. The standard InChI is InChI=1S/C13H12FNO4/c1-18-11-6-9(2-3-10(11)14)15-7-8-4-5-19-12(8)13(16)17/h2-6,15H,7H2,1H3,(H,16,17). The first-order valence-corrected chi connectivity index (χ1v) is 5.49. The number of hydrogen-bond acceptors (Lipinski definition) is 4. The molecule has 0 bridgehead atoms. The third-order valence-corrected chi connectivity index (χ3v) is 2.58. The van der Waals surface area contributed by atoms with Crippen LogP contribution < -0.4 is 10.1 Å². The lowest BCUT2D eigenvalue weighted by Gasteiger charge is -2.08. The Kier molecular flexibility index (Phi) is 3.70. The van der Waals surface area contributed by atoms with E-state index in [4.69, 9.17) is 14.3 Å². The van der Waals surface area contributed by atoms with Gasteiger partial charge in [0.25, 0.3) is 0 Å². The number of carboxylic acid groups (broad SMARTS) is 1. The van der Waals surface area contributed by atoms with Gasteiger partial charge in [-0.05, 0) is 18.2 Å². The predicted molar refractivity (Wildman–Crippen MR) is 65.9 cm³/mol. The number of methoxy groups -OCH3 is 1. The van der Waals surface area contributed by atoms with E-state index in [0.29, 0.717) is 11.3 Å². The van der Waals surface area contributed by atoms with Crippen LogP contribution in [0.15, 0.2) is 34.9 Å². The van der Waals surface area contributed by atoms with Crippen molar-refractivity contribution in [3.63, 3.8) is 0 Å². The van der Waals surface area contributed by atoms with Gasteiger partial charge in [0.05, 0.1) is 13.4 Å². The average Bonchev–Trinajstić information content (AvgIpc) is 2.86. The third-order valence-electron chi connectivity index (χ3n) is 2.58. The Bertz CT molecular complexity index is 594. The number of halogens is 1. The van der Waals surface area contributed by atoms with E-state index >= 15 is 0 Å². The number of aromatic carboxylic acids is 1. The van der Waals surface area contributed by atoms with Crippen LogP contribution in [0, 0.1) is 5.82 Å². The molecular formula is C13H12FNO4. The quantitative estimate of drug-likeness (QED) is 0.869. The fourth-order valence-corrected chi connectivity index (χ4v) is 1.63. The van der Waals surface area contributed by atoms with E-state index in [1.165, 1.54) is 25.5 Å². The Morgan fingerprint density at radius 2 is 2.26 bits per heavy atom. The minimum absolute atomic E-state index is 0.110. The second-order valence-corrected chi connectivity index (χ2v) is 3.78. The van der Waals surface area contributed by atoms with Crippen LogP contribution in [0.3, 0.4) is 0 Å². The van der Waals surface area contributed by atoms with Gasteiger partial charge < -0.3 is 19.6 Å². The van der Waals surface area contributed by atoms with Gasteiger partial charge in [-0.2, -0.15) is 0 Å². The molecule has 0 radical (unpaired) electrons. The van der Waals surface area contributed by atoms with Crippen molar-refractivity contribution in [1.82, 2.24) is 0 Å². The molecule has 6 heteroatoms. The maximum atomic E-state index is 13.2. The first kappa shape index (κ1) is 12.9. The van der Waals surface area contributed by atoms with E-state index in [2.05, 4.69) is 5.32 Å². The van der Waals surface area contributed by atoms with Crippen LogP contribution in [0.4, 0.5) is 10.1 Å². The van der Waals surface area contributed by atoms with Gasteiger partial charge in [-0.1, -0.05) is 0 Å². The van der Waals surface area contributed by atoms with E-state index in [-0.39, 0.29) is 18.1 Å². The Morgan fingerprint density at radius 1 is 1.47 bits per heavy atom. The lowest BCUT2D eigenvalue weighted by atomic mass is 10.2. The summed E-state index contributed by atoms with van der Waals surface area (Å²) in [6.45, 7) is 0.257. The van der Waals surface area contributed by atoms with Crippen molar-refractivity contribution >= 4 is 11.7 Å². The van der Waals surface area contributed by atoms with E-state index in [1.54, 1.807) is 12.1 Å². The van der Waals surface area contributed by atoms with Crippen LogP contribution in [0.5, 0.6) is 5.75 Å². The van der Waals surface area contributed by atoms with Crippen molar-refractivity contribution in [2.75, 3.05) is 12.4 Å². The zero-order valence-corrected chi connectivity index (χ0v) is 10.1. The number of hydrogen-bond donors (Lipinski definition) is 2. The highest BCUT2D eigenvalue weighted by molar-refractivity contribution is 5.86. The number of benzene rings is 1. The molecule has 0 unspecified atom stereocenters. The van der Waals surface area contributed by atoms with Gasteiger partial charge in [-0.15, -0.1) is 0 Å². The highest BCUT2D eigenvalue weighted by Crippen LogP contribution is 2.22. The molecular weight excluding hydrogens is 253 g/mol. The van der Waals surface area contributed by atoms with Crippen LogP contribution in [0.2, 0.25) is 0 Å². The van der Waals surface area contributed by atoms with Gasteiger partial charge in [-0.3, -0.25) is 0 Å². The summed E-state index contributed by atoms with van der Waals surface area (Å²) in [6, 6.07) is 5.88. The van der Waals surface area contributed by atoms with Crippen molar-refractivity contribution in [1.29, 1.82) is 0 Å². The number of anilines is 1. The number of carbonyl (C=O) groups is 1. The molecule has 2 rings (SSSR count). The number of rotatable bonds is 5. The van der Waals surface area contributed by atoms with Gasteiger partial charge in [0.15, 0.2) is 11.6 Å². The van der Waals surface area contributed by atoms with Crippen molar-refractivity contribution in [2.45, 2.75) is 6.54 Å². The van der Waals surface area contributed by atoms with Crippen LogP contribution in [-0.2, 0) is 6.54 Å². The Balaban J connectivity index is 2.10. The average molecular weight is 265 g/mol. The van der Waals surface area contributed by atoms with Crippen LogP contribution in [0.25, 0.3) is 0 Å². The van der Waals surface area contributed by atoms with Gasteiger partial charge in [0.1, 0.15) is 0 Å². The third kappa shape index (κ3) is 2.85. The summed E-state index contributed by atoms with van der Waals surface area (Å²) in [7, 11) is 1.38. The minimum Gasteiger partial charge on any atom is -0.494 e. The maximum Gasteiger partial charge on any atom is 0.372 e. The summed E-state index contributed by atoms with van der Waals surface area (Å²) in [6.07, 6.45) is 1.31. The summed E-state index contributed by atoms with van der Waals surface area (Å²) in [5, 5.41) is 11.9. The molecule has 0 amide bonds. The van der Waals surface area contributed by atoms with Gasteiger partial charge in [0.2, 0.25) is 5.76 Å². The van der Waals surface area contributed by atoms with Crippen molar-refractivity contribution in [3.8, 4) is 5.75 Å². The summed E-state index contributed by atoms with van der Waals surface area (Å²) in [5.74, 6) is -1.57. The second kappa shape index (κ2) is 5.43. The Hall–Kier alpha value is -2.50. The lowest BCUT2D eigenvalue weighted by molar-refractivity contribution is 0.0661. The zero-order valence-electron chi connectivity index (χ0n) is 10.1. The molecule has 5 nitrogen and oxygen atoms in total. The predicted octanol–water partition coefficient (Wildman–Crippen LogP) is 2.74. The van der Waals surface area contributed by atoms with E-state index in [9.17, 15) is 9.18 Å². The highest BCUT2D eigenvalue weighted by Gasteiger charge is 2.13. The summed E-state index contributed by atoms with van der Waals surface area (Å²) in [4.78, 5) is 10.8. The van der Waals surface area contributed by atoms with Crippen molar-refractivity contribution in [3.05, 3.63) is 47.7 Å². The summed E-state index contributed by atoms with van der Waals surface area (Å²) < 4.78 is 22.9. The molecule has 0 aliphatic rings. The molecule has 0 spiro atoms. The number of ether oxygens (including phenoxy) is 1. The summed E-state index contributed by atoms with van der Waals surface area (Å²) in [5.41, 5.74) is 1.13. The van der Waals surface area contributed by atoms with E-state index < -0.39 is 11.8 Å². The van der Waals surface area contributed by atoms with Gasteiger partial charge >= 0.3 is 5.97 Å². The molecule has 1 aromatic heterocycles. The second-order valence-electron chi connectivity index (χ2n) is 3.78. The number of carboxylic acids is 1. The molecule has 0 saturated carbocycles. The van der Waals surface area contributed by atoms with Crippen molar-refractivity contribution in [2.24, 2.45) is 0 Å². The lowest BCUT2D eigenvalue weighted by Crippen LogP contribution is -2.05. The topological polar surface area (TPSA) is 71.7 Å².